The summed E-state index contributed by atoms with van der Waals surface area (Å²) in [6, 6.07) is 10.9. The molecule has 10 heteroatoms. The van der Waals surface area contributed by atoms with Gasteiger partial charge in [0.1, 0.15) is 5.82 Å². The van der Waals surface area contributed by atoms with Crippen molar-refractivity contribution < 1.29 is 17.6 Å². The lowest BCUT2D eigenvalue weighted by atomic mass is 10.2. The maximum absolute atomic E-state index is 13.9. The number of halogens is 3. The van der Waals surface area contributed by atoms with Gasteiger partial charge < -0.3 is 10.2 Å². The fourth-order valence-corrected chi connectivity index (χ4v) is 4.82. The largest absolute Gasteiger partial charge is 0.367 e. The number of para-hydroxylation sites is 1. The van der Waals surface area contributed by atoms with Gasteiger partial charge in [0.15, 0.2) is 0 Å². The van der Waals surface area contributed by atoms with E-state index >= 15 is 0 Å². The molecule has 1 amide bonds. The molecule has 2 aromatic carbocycles. The van der Waals surface area contributed by atoms with Gasteiger partial charge in [-0.1, -0.05) is 35.3 Å². The second-order valence-corrected chi connectivity index (χ2v) is 9.47. The Labute approximate surface area is 179 Å². The lowest BCUT2D eigenvalue weighted by Gasteiger charge is -2.35. The van der Waals surface area contributed by atoms with E-state index in [1.54, 1.807) is 24.3 Å². The first-order valence-corrected chi connectivity index (χ1v) is 11.3. The number of sulfonamides is 1. The molecule has 156 valence electrons. The van der Waals surface area contributed by atoms with Gasteiger partial charge in [-0.15, -0.1) is 0 Å². The van der Waals surface area contributed by atoms with Gasteiger partial charge in [0, 0.05) is 37.7 Å². The highest BCUT2D eigenvalue weighted by Gasteiger charge is 2.27. The van der Waals surface area contributed by atoms with E-state index in [1.807, 2.05) is 4.90 Å². The van der Waals surface area contributed by atoms with Gasteiger partial charge in [-0.2, -0.15) is 4.31 Å². The Kier molecular flexibility index (Phi) is 7.00. The molecule has 1 aliphatic heterocycles. The minimum atomic E-state index is -3.56. The highest BCUT2D eigenvalue weighted by atomic mass is 35.5. The molecule has 0 spiro atoms. The van der Waals surface area contributed by atoms with E-state index in [0.717, 1.165) is 0 Å². The predicted octanol–water partition coefficient (Wildman–Crippen LogP) is 3.01. The van der Waals surface area contributed by atoms with Gasteiger partial charge in [-0.3, -0.25) is 4.79 Å². The number of nitrogens with zero attached hydrogens (tertiary/aromatic N) is 2. The van der Waals surface area contributed by atoms with Gasteiger partial charge in [-0.05, 0) is 30.3 Å². The number of carbonyl (C=O) groups excluding carboxylic acids is 1. The number of nitrogens with one attached hydrogen (secondary N) is 1. The number of hydrogen-bond acceptors (Lipinski definition) is 4. The normalized spacial score (nSPS) is 15.3. The third-order valence-corrected chi connectivity index (χ3v) is 7.08. The molecular formula is C19H20Cl2FN3O3S. The minimum absolute atomic E-state index is 0.0580. The topological polar surface area (TPSA) is 69.7 Å². The summed E-state index contributed by atoms with van der Waals surface area (Å²) in [4.78, 5) is 14.0. The SMILES string of the molecule is O=C(NCCS(=O)(=O)N1CCN(c2ccccc2F)CC1)c1cc(Cl)ccc1Cl. The van der Waals surface area contributed by atoms with Crippen molar-refractivity contribution in [3.63, 3.8) is 0 Å². The second kappa shape index (κ2) is 9.30. The third-order valence-electron chi connectivity index (χ3n) is 4.64. The first kappa shape index (κ1) is 21.8. The summed E-state index contributed by atoms with van der Waals surface area (Å²) >= 11 is 11.8. The van der Waals surface area contributed by atoms with Crippen molar-refractivity contribution in [3.05, 3.63) is 63.9 Å². The Hall–Kier alpha value is -1.87. The highest BCUT2D eigenvalue weighted by molar-refractivity contribution is 7.89. The molecule has 29 heavy (non-hydrogen) atoms. The smallest absolute Gasteiger partial charge is 0.252 e. The van der Waals surface area contributed by atoms with Crippen LogP contribution in [0.5, 0.6) is 0 Å². The number of carbonyl (C=O) groups is 1. The quantitative estimate of drug-likeness (QED) is 0.720. The van der Waals surface area contributed by atoms with Crippen LogP contribution in [0.15, 0.2) is 42.5 Å². The van der Waals surface area contributed by atoms with Crippen LogP contribution in [0.25, 0.3) is 0 Å². The van der Waals surface area contributed by atoms with E-state index < -0.39 is 15.9 Å². The van der Waals surface area contributed by atoms with Gasteiger partial charge in [0.05, 0.1) is 22.0 Å². The predicted molar refractivity (Wildman–Crippen MR) is 113 cm³/mol. The van der Waals surface area contributed by atoms with Gasteiger partial charge >= 0.3 is 0 Å². The number of rotatable bonds is 6. The maximum Gasteiger partial charge on any atom is 0.252 e. The van der Waals surface area contributed by atoms with Crippen molar-refractivity contribution in [1.82, 2.24) is 9.62 Å². The number of anilines is 1. The van der Waals surface area contributed by atoms with Gasteiger partial charge in [0.25, 0.3) is 5.91 Å². The van der Waals surface area contributed by atoms with Crippen LogP contribution in [-0.2, 0) is 10.0 Å². The molecule has 0 atom stereocenters. The van der Waals surface area contributed by atoms with E-state index in [9.17, 15) is 17.6 Å². The third kappa shape index (κ3) is 5.39. The first-order chi connectivity index (χ1) is 13.8. The molecule has 0 radical (unpaired) electrons. The van der Waals surface area contributed by atoms with Crippen LogP contribution in [0.3, 0.4) is 0 Å². The van der Waals surface area contributed by atoms with E-state index in [-0.39, 0.29) is 41.8 Å². The molecular weight excluding hydrogens is 440 g/mol. The van der Waals surface area contributed by atoms with Crippen LogP contribution in [0.1, 0.15) is 10.4 Å². The van der Waals surface area contributed by atoms with Crippen LogP contribution < -0.4 is 10.2 Å². The second-order valence-electron chi connectivity index (χ2n) is 6.53. The standard InChI is InChI=1S/C19H20Cl2FN3O3S/c20-14-5-6-16(21)15(13-14)19(26)23-7-12-29(27,28)25-10-8-24(9-11-25)18-4-2-1-3-17(18)22/h1-6,13H,7-12H2,(H,23,26). The maximum atomic E-state index is 13.9. The number of hydrogen-bond donors (Lipinski definition) is 1. The summed E-state index contributed by atoms with van der Waals surface area (Å²) in [6.45, 7) is 1.24. The average Bonchev–Trinajstić information content (AvgIpc) is 2.70. The Morgan fingerprint density at radius 3 is 2.45 bits per heavy atom. The molecule has 0 aromatic heterocycles. The van der Waals surface area contributed by atoms with Crippen LogP contribution in [0.2, 0.25) is 10.0 Å². The van der Waals surface area contributed by atoms with Crippen LogP contribution >= 0.6 is 23.2 Å². The Morgan fingerprint density at radius 2 is 1.76 bits per heavy atom. The van der Waals surface area contributed by atoms with Crippen molar-refractivity contribution in [2.45, 2.75) is 0 Å². The van der Waals surface area contributed by atoms with Crippen molar-refractivity contribution >= 4 is 44.8 Å². The molecule has 0 unspecified atom stereocenters. The average molecular weight is 460 g/mol. The zero-order valence-corrected chi connectivity index (χ0v) is 17.8. The van der Waals surface area contributed by atoms with Crippen LogP contribution in [0, 0.1) is 5.82 Å². The molecule has 1 N–H and O–H groups in total. The Bertz CT molecular complexity index is 996. The van der Waals surface area contributed by atoms with Crippen LogP contribution in [-0.4, -0.2) is 57.1 Å². The zero-order valence-electron chi connectivity index (χ0n) is 15.4. The molecule has 1 aliphatic rings. The summed E-state index contributed by atoms with van der Waals surface area (Å²) in [7, 11) is -3.56. The van der Waals surface area contributed by atoms with E-state index in [4.69, 9.17) is 23.2 Å². The molecule has 2 aromatic rings. The molecule has 0 aliphatic carbocycles. The van der Waals surface area contributed by atoms with E-state index in [1.165, 1.54) is 22.5 Å². The molecule has 1 heterocycles. The minimum Gasteiger partial charge on any atom is -0.367 e. The van der Waals surface area contributed by atoms with Crippen molar-refractivity contribution in [1.29, 1.82) is 0 Å². The Morgan fingerprint density at radius 1 is 1.07 bits per heavy atom. The monoisotopic (exact) mass is 459 g/mol. The lowest BCUT2D eigenvalue weighted by molar-refractivity contribution is 0.0956. The summed E-state index contributed by atoms with van der Waals surface area (Å²) in [6.07, 6.45) is 0. The van der Waals surface area contributed by atoms with Gasteiger partial charge in [0.2, 0.25) is 10.0 Å². The molecule has 6 nitrogen and oxygen atoms in total. The van der Waals surface area contributed by atoms with Gasteiger partial charge in [-0.25, -0.2) is 12.8 Å². The first-order valence-electron chi connectivity index (χ1n) is 8.98. The van der Waals surface area contributed by atoms with Crippen molar-refractivity contribution in [2.24, 2.45) is 0 Å². The van der Waals surface area contributed by atoms with E-state index in [2.05, 4.69) is 5.32 Å². The summed E-state index contributed by atoms with van der Waals surface area (Å²) in [5.41, 5.74) is 0.658. The molecule has 1 fully saturated rings. The molecule has 0 saturated carbocycles. The lowest BCUT2D eigenvalue weighted by Crippen LogP contribution is -2.50. The highest BCUT2D eigenvalue weighted by Crippen LogP contribution is 2.22. The Balaban J connectivity index is 1.52. The fourth-order valence-electron chi connectivity index (χ4n) is 3.10. The number of benzene rings is 2. The summed E-state index contributed by atoms with van der Waals surface area (Å²) in [5.74, 6) is -1.06. The number of piperazine rings is 1. The number of amides is 1. The molecule has 3 rings (SSSR count). The summed E-state index contributed by atoms with van der Waals surface area (Å²) < 4.78 is 40.4. The summed E-state index contributed by atoms with van der Waals surface area (Å²) in [5, 5.41) is 3.15. The van der Waals surface area contributed by atoms with Crippen molar-refractivity contribution in [2.75, 3.05) is 43.4 Å². The molecule has 1 saturated heterocycles. The molecule has 0 bridgehead atoms. The zero-order chi connectivity index (χ0) is 21.0. The fraction of sp³-hybridized carbons (Fsp3) is 0.316. The van der Waals surface area contributed by atoms with Crippen LogP contribution in [0.4, 0.5) is 10.1 Å². The van der Waals surface area contributed by atoms with Crippen molar-refractivity contribution in [3.8, 4) is 0 Å². The van der Waals surface area contributed by atoms with E-state index in [0.29, 0.717) is 23.8 Å².